The van der Waals surface area contributed by atoms with Crippen molar-refractivity contribution in [3.05, 3.63) is 16.1 Å². The van der Waals surface area contributed by atoms with E-state index < -0.39 is 0 Å². The molecule has 0 bridgehead atoms. The van der Waals surface area contributed by atoms with Crippen molar-refractivity contribution in [1.82, 2.24) is 10.3 Å². The van der Waals surface area contributed by atoms with Crippen LogP contribution in [0.1, 0.15) is 29.3 Å². The molecule has 1 fully saturated rings. The van der Waals surface area contributed by atoms with Crippen molar-refractivity contribution in [1.29, 1.82) is 0 Å². The summed E-state index contributed by atoms with van der Waals surface area (Å²) in [7, 11) is 0. The first-order valence-corrected chi connectivity index (χ1v) is 5.36. The molecule has 12 heavy (non-hydrogen) atoms. The number of nitrogens with one attached hydrogen (secondary N) is 1. The average Bonchev–Trinajstić information content (AvgIpc) is 2.53. The van der Waals surface area contributed by atoms with Gasteiger partial charge in [0.1, 0.15) is 0 Å². The SMILES string of the molecule is Cc1ncsc1C1CCCNC1. The van der Waals surface area contributed by atoms with Gasteiger partial charge in [0.25, 0.3) is 0 Å². The van der Waals surface area contributed by atoms with Gasteiger partial charge in [0.15, 0.2) is 0 Å². The van der Waals surface area contributed by atoms with Crippen LogP contribution in [0.2, 0.25) is 0 Å². The normalized spacial score (nSPS) is 24.2. The number of hydrogen-bond acceptors (Lipinski definition) is 3. The first-order chi connectivity index (χ1) is 5.88. The predicted octanol–water partition coefficient (Wildman–Crippen LogP) is 1.92. The largest absolute Gasteiger partial charge is 0.316 e. The molecule has 0 amide bonds. The molecule has 66 valence electrons. The molecule has 2 heterocycles. The minimum absolute atomic E-state index is 0.728. The molecule has 0 aliphatic carbocycles. The van der Waals surface area contributed by atoms with Crippen LogP contribution in [0.3, 0.4) is 0 Å². The molecule has 1 aromatic heterocycles. The van der Waals surface area contributed by atoms with Crippen LogP contribution in [0.15, 0.2) is 5.51 Å². The van der Waals surface area contributed by atoms with E-state index in [1.165, 1.54) is 30.0 Å². The van der Waals surface area contributed by atoms with Crippen molar-refractivity contribution < 1.29 is 0 Å². The molecule has 0 spiro atoms. The average molecular weight is 182 g/mol. The lowest BCUT2D eigenvalue weighted by Crippen LogP contribution is -2.28. The Hall–Kier alpha value is -0.410. The zero-order chi connectivity index (χ0) is 8.39. The lowest BCUT2D eigenvalue weighted by atomic mass is 9.97. The van der Waals surface area contributed by atoms with E-state index in [9.17, 15) is 0 Å². The molecule has 1 atom stereocenters. The highest BCUT2D eigenvalue weighted by molar-refractivity contribution is 7.09. The number of aryl methyl sites for hydroxylation is 1. The van der Waals surface area contributed by atoms with Crippen LogP contribution in [0.4, 0.5) is 0 Å². The third kappa shape index (κ3) is 1.52. The number of aromatic nitrogens is 1. The second-order valence-corrected chi connectivity index (χ2v) is 4.23. The van der Waals surface area contributed by atoms with Crippen LogP contribution >= 0.6 is 11.3 Å². The summed E-state index contributed by atoms with van der Waals surface area (Å²) in [6.45, 7) is 4.44. The Kier molecular flexibility index (Phi) is 2.42. The van der Waals surface area contributed by atoms with Crippen molar-refractivity contribution >= 4 is 11.3 Å². The van der Waals surface area contributed by atoms with E-state index in [0.717, 1.165) is 12.5 Å². The molecule has 1 aromatic rings. The molecule has 0 radical (unpaired) electrons. The van der Waals surface area contributed by atoms with Gasteiger partial charge in [-0.05, 0) is 26.3 Å². The fourth-order valence-corrected chi connectivity index (χ4v) is 2.72. The smallest absolute Gasteiger partial charge is 0.0797 e. The fraction of sp³-hybridized carbons (Fsp3) is 0.667. The summed E-state index contributed by atoms with van der Waals surface area (Å²) < 4.78 is 0. The molecule has 2 rings (SSSR count). The van der Waals surface area contributed by atoms with E-state index in [1.54, 1.807) is 11.3 Å². The topological polar surface area (TPSA) is 24.9 Å². The molecular weight excluding hydrogens is 168 g/mol. The predicted molar refractivity (Wildman–Crippen MR) is 51.7 cm³/mol. The van der Waals surface area contributed by atoms with Crippen LogP contribution in [0.25, 0.3) is 0 Å². The monoisotopic (exact) mass is 182 g/mol. The summed E-state index contributed by atoms with van der Waals surface area (Å²) in [6, 6.07) is 0. The lowest BCUT2D eigenvalue weighted by Gasteiger charge is -2.21. The molecule has 2 nitrogen and oxygen atoms in total. The highest BCUT2D eigenvalue weighted by Gasteiger charge is 2.18. The van der Waals surface area contributed by atoms with Gasteiger partial charge in [0.05, 0.1) is 11.2 Å². The van der Waals surface area contributed by atoms with Crippen LogP contribution in [0.5, 0.6) is 0 Å². The molecular formula is C9H14N2S. The number of piperidine rings is 1. The minimum atomic E-state index is 0.728. The maximum atomic E-state index is 4.28. The Morgan fingerprint density at radius 2 is 2.58 bits per heavy atom. The molecule has 1 saturated heterocycles. The maximum Gasteiger partial charge on any atom is 0.0797 e. The molecule has 0 aromatic carbocycles. The van der Waals surface area contributed by atoms with E-state index >= 15 is 0 Å². The van der Waals surface area contributed by atoms with Crippen molar-refractivity contribution in [2.24, 2.45) is 0 Å². The Balaban J connectivity index is 2.13. The van der Waals surface area contributed by atoms with Crippen LogP contribution in [-0.2, 0) is 0 Å². The first kappa shape index (κ1) is 8.20. The van der Waals surface area contributed by atoms with Crippen molar-refractivity contribution in [3.8, 4) is 0 Å². The standard InChI is InChI=1S/C9H14N2S/c1-7-9(12-6-11-7)8-3-2-4-10-5-8/h6,8,10H,2-5H2,1H3. The van der Waals surface area contributed by atoms with E-state index in [-0.39, 0.29) is 0 Å². The first-order valence-electron chi connectivity index (χ1n) is 4.48. The zero-order valence-electron chi connectivity index (χ0n) is 7.34. The van der Waals surface area contributed by atoms with Crippen LogP contribution in [0, 0.1) is 6.92 Å². The molecule has 1 aliphatic heterocycles. The molecule has 3 heteroatoms. The summed E-state index contributed by atoms with van der Waals surface area (Å²) in [6.07, 6.45) is 2.64. The number of rotatable bonds is 1. The highest BCUT2D eigenvalue weighted by atomic mass is 32.1. The van der Waals surface area contributed by atoms with Gasteiger partial charge < -0.3 is 5.32 Å². The van der Waals surface area contributed by atoms with Gasteiger partial charge in [-0.2, -0.15) is 0 Å². The van der Waals surface area contributed by atoms with E-state index in [1.807, 2.05) is 5.51 Å². The lowest BCUT2D eigenvalue weighted by molar-refractivity contribution is 0.464. The molecule has 0 saturated carbocycles. The van der Waals surface area contributed by atoms with Crippen molar-refractivity contribution in [3.63, 3.8) is 0 Å². The summed E-state index contributed by atoms with van der Waals surface area (Å²) in [4.78, 5) is 5.77. The van der Waals surface area contributed by atoms with Crippen molar-refractivity contribution in [2.75, 3.05) is 13.1 Å². The van der Waals surface area contributed by atoms with Crippen molar-refractivity contribution in [2.45, 2.75) is 25.7 Å². The highest BCUT2D eigenvalue weighted by Crippen LogP contribution is 2.28. The molecule has 1 unspecified atom stereocenters. The second kappa shape index (κ2) is 3.54. The van der Waals surface area contributed by atoms with E-state index in [4.69, 9.17) is 0 Å². The van der Waals surface area contributed by atoms with Gasteiger partial charge in [-0.3, -0.25) is 0 Å². The summed E-state index contributed by atoms with van der Waals surface area (Å²) in [5.41, 5.74) is 3.19. The van der Waals surface area contributed by atoms with Gasteiger partial charge in [0.2, 0.25) is 0 Å². The number of nitrogens with zero attached hydrogens (tertiary/aromatic N) is 1. The third-order valence-corrected chi connectivity index (χ3v) is 3.54. The fourth-order valence-electron chi connectivity index (χ4n) is 1.78. The minimum Gasteiger partial charge on any atom is -0.316 e. The quantitative estimate of drug-likeness (QED) is 0.717. The van der Waals surface area contributed by atoms with Gasteiger partial charge >= 0.3 is 0 Å². The Labute approximate surface area is 77.0 Å². The second-order valence-electron chi connectivity index (χ2n) is 3.35. The van der Waals surface area contributed by atoms with Crippen LogP contribution < -0.4 is 5.32 Å². The Morgan fingerprint density at radius 3 is 3.17 bits per heavy atom. The Morgan fingerprint density at radius 1 is 1.67 bits per heavy atom. The van der Waals surface area contributed by atoms with Gasteiger partial charge in [0, 0.05) is 17.3 Å². The number of hydrogen-bond donors (Lipinski definition) is 1. The number of thiazole rings is 1. The summed E-state index contributed by atoms with van der Waals surface area (Å²) in [5.74, 6) is 0.728. The van der Waals surface area contributed by atoms with Gasteiger partial charge in [-0.15, -0.1) is 11.3 Å². The Bertz CT molecular complexity index is 251. The third-order valence-electron chi connectivity index (χ3n) is 2.45. The summed E-state index contributed by atoms with van der Waals surface area (Å²) in [5, 5.41) is 3.43. The van der Waals surface area contributed by atoms with Gasteiger partial charge in [-0.25, -0.2) is 4.98 Å². The maximum absolute atomic E-state index is 4.28. The van der Waals surface area contributed by atoms with Gasteiger partial charge in [-0.1, -0.05) is 0 Å². The van der Waals surface area contributed by atoms with E-state index in [0.29, 0.717) is 0 Å². The summed E-state index contributed by atoms with van der Waals surface area (Å²) >= 11 is 1.80. The van der Waals surface area contributed by atoms with E-state index in [2.05, 4.69) is 17.2 Å². The van der Waals surface area contributed by atoms with Crippen LogP contribution in [-0.4, -0.2) is 18.1 Å². The molecule has 1 aliphatic rings. The zero-order valence-corrected chi connectivity index (χ0v) is 8.16. The molecule has 1 N–H and O–H groups in total.